The molecule has 0 saturated heterocycles. The highest BCUT2D eigenvalue weighted by Crippen LogP contribution is 2.40. The lowest BCUT2D eigenvalue weighted by Gasteiger charge is -2.14. The maximum absolute atomic E-state index is 10.1. The molecule has 0 aliphatic carbocycles. The summed E-state index contributed by atoms with van der Waals surface area (Å²) < 4.78 is 10.1. The molecular weight excluding hydrogens is 145 g/mol. The average molecular weight is 155 g/mol. The van der Waals surface area contributed by atoms with Gasteiger partial charge in [-0.25, -0.2) is 0 Å². The second-order valence-corrected chi connectivity index (χ2v) is 3.57. The van der Waals surface area contributed by atoms with Crippen molar-refractivity contribution in [1.82, 2.24) is 0 Å². The van der Waals surface area contributed by atoms with Gasteiger partial charge in [-0.3, -0.25) is 4.57 Å². The molecule has 0 aromatic heterocycles. The lowest BCUT2D eigenvalue weighted by atomic mass is 10.4. The topological polar surface area (TPSA) is 104 Å². The van der Waals surface area contributed by atoms with Crippen LogP contribution in [-0.4, -0.2) is 26.8 Å². The predicted octanol–water partition coefficient (Wildman–Crippen LogP) is -1.17. The van der Waals surface area contributed by atoms with Crippen LogP contribution >= 0.6 is 7.60 Å². The Kier molecular flexibility index (Phi) is 2.79. The van der Waals surface area contributed by atoms with Crippen LogP contribution in [0.25, 0.3) is 0 Å². The SMILES string of the molecule is CC(N)C(O)P(=O)(O)O. The van der Waals surface area contributed by atoms with E-state index in [0.717, 1.165) is 0 Å². The zero-order valence-corrected chi connectivity index (χ0v) is 5.82. The smallest absolute Gasteiger partial charge is 0.355 e. The molecule has 0 aromatic rings. The van der Waals surface area contributed by atoms with Crippen LogP contribution < -0.4 is 5.73 Å². The Morgan fingerprint density at radius 1 is 1.56 bits per heavy atom. The highest BCUT2D eigenvalue weighted by atomic mass is 31.2. The van der Waals surface area contributed by atoms with Gasteiger partial charge in [0.05, 0.1) is 0 Å². The number of aliphatic hydroxyl groups excluding tert-OH is 1. The van der Waals surface area contributed by atoms with E-state index in [1.54, 1.807) is 0 Å². The van der Waals surface area contributed by atoms with E-state index in [-0.39, 0.29) is 0 Å². The molecule has 0 amide bonds. The molecule has 5 nitrogen and oxygen atoms in total. The van der Waals surface area contributed by atoms with Crippen molar-refractivity contribution in [3.8, 4) is 0 Å². The van der Waals surface area contributed by atoms with E-state index < -0.39 is 19.5 Å². The Morgan fingerprint density at radius 3 is 1.89 bits per heavy atom. The van der Waals surface area contributed by atoms with Gasteiger partial charge in [0.1, 0.15) is 0 Å². The Labute approximate surface area is 52.7 Å². The van der Waals surface area contributed by atoms with Crippen LogP contribution in [0.4, 0.5) is 0 Å². The summed E-state index contributed by atoms with van der Waals surface area (Å²) in [6.07, 6.45) is 0. The summed E-state index contributed by atoms with van der Waals surface area (Å²) in [6.45, 7) is 1.32. The first-order chi connectivity index (χ1) is 3.85. The molecule has 9 heavy (non-hydrogen) atoms. The Bertz CT molecular complexity index is 130. The number of rotatable bonds is 2. The van der Waals surface area contributed by atoms with Crippen LogP contribution in [-0.2, 0) is 4.57 Å². The summed E-state index contributed by atoms with van der Waals surface area (Å²) in [6, 6.07) is -0.897. The first-order valence-electron chi connectivity index (χ1n) is 2.34. The minimum Gasteiger partial charge on any atom is -0.379 e. The molecule has 5 N–H and O–H groups in total. The maximum atomic E-state index is 10.1. The molecule has 2 atom stereocenters. The molecule has 0 aliphatic heterocycles. The van der Waals surface area contributed by atoms with Gasteiger partial charge >= 0.3 is 7.60 Å². The van der Waals surface area contributed by atoms with E-state index >= 15 is 0 Å². The molecule has 0 spiro atoms. The molecule has 0 bridgehead atoms. The standard InChI is InChI=1S/C3H10NO4P/c1-2(4)3(5)9(6,7)8/h2-3,5H,4H2,1H3,(H2,6,7,8). The van der Waals surface area contributed by atoms with Crippen LogP contribution in [0.1, 0.15) is 6.92 Å². The highest BCUT2D eigenvalue weighted by Gasteiger charge is 2.29. The van der Waals surface area contributed by atoms with Crippen LogP contribution in [0, 0.1) is 0 Å². The Balaban J connectivity index is 4.05. The first kappa shape index (κ1) is 9.07. The summed E-state index contributed by atoms with van der Waals surface area (Å²) in [4.78, 5) is 16.5. The van der Waals surface area contributed by atoms with E-state index in [4.69, 9.17) is 20.6 Å². The Morgan fingerprint density at radius 2 is 1.89 bits per heavy atom. The largest absolute Gasteiger partial charge is 0.379 e. The fourth-order valence-corrected chi connectivity index (χ4v) is 0.919. The molecule has 0 heterocycles. The summed E-state index contributed by atoms with van der Waals surface area (Å²) >= 11 is 0. The van der Waals surface area contributed by atoms with Crippen molar-refractivity contribution in [2.75, 3.05) is 0 Å². The molecule has 0 radical (unpaired) electrons. The number of aliphatic hydroxyl groups is 1. The van der Waals surface area contributed by atoms with Crippen molar-refractivity contribution in [2.45, 2.75) is 18.8 Å². The van der Waals surface area contributed by atoms with Gasteiger partial charge < -0.3 is 20.6 Å². The molecule has 0 rings (SSSR count). The summed E-state index contributed by atoms with van der Waals surface area (Å²) in [5.74, 6) is -1.74. The van der Waals surface area contributed by atoms with Crippen molar-refractivity contribution >= 4 is 7.60 Å². The van der Waals surface area contributed by atoms with Gasteiger partial charge in [-0.15, -0.1) is 0 Å². The van der Waals surface area contributed by atoms with Crippen LogP contribution in [0.3, 0.4) is 0 Å². The lowest BCUT2D eigenvalue weighted by molar-refractivity contribution is 0.182. The third kappa shape index (κ3) is 2.93. The second-order valence-electron chi connectivity index (χ2n) is 1.86. The van der Waals surface area contributed by atoms with Crippen molar-refractivity contribution in [3.05, 3.63) is 0 Å². The molecular formula is C3H10NO4P. The number of hydrogen-bond acceptors (Lipinski definition) is 3. The first-order valence-corrected chi connectivity index (χ1v) is 4.02. The van der Waals surface area contributed by atoms with Crippen LogP contribution in [0.5, 0.6) is 0 Å². The van der Waals surface area contributed by atoms with Gasteiger partial charge in [0, 0.05) is 6.04 Å². The number of hydrogen-bond donors (Lipinski definition) is 4. The van der Waals surface area contributed by atoms with E-state index in [1.165, 1.54) is 6.92 Å². The van der Waals surface area contributed by atoms with Crippen molar-refractivity contribution in [3.63, 3.8) is 0 Å². The summed E-state index contributed by atoms with van der Waals surface area (Å²) in [5.41, 5.74) is 4.98. The third-order valence-electron chi connectivity index (χ3n) is 0.815. The van der Waals surface area contributed by atoms with Crippen molar-refractivity contribution in [2.24, 2.45) is 5.73 Å². The minimum atomic E-state index is -4.38. The van der Waals surface area contributed by atoms with Crippen molar-refractivity contribution < 1.29 is 19.5 Å². The number of nitrogens with two attached hydrogens (primary N) is 1. The molecule has 56 valence electrons. The van der Waals surface area contributed by atoms with Gasteiger partial charge in [-0.1, -0.05) is 0 Å². The predicted molar refractivity (Wildman–Crippen MR) is 31.7 cm³/mol. The molecule has 0 aromatic carbocycles. The van der Waals surface area contributed by atoms with Crippen LogP contribution in [0.2, 0.25) is 0 Å². The van der Waals surface area contributed by atoms with Gasteiger partial charge in [0.2, 0.25) is 0 Å². The highest BCUT2D eigenvalue weighted by molar-refractivity contribution is 7.52. The molecule has 2 unspecified atom stereocenters. The quantitative estimate of drug-likeness (QED) is 0.376. The third-order valence-corrected chi connectivity index (χ3v) is 1.97. The summed E-state index contributed by atoms with van der Waals surface area (Å²) in [5, 5.41) is 8.57. The normalized spacial score (nSPS) is 19.2. The monoisotopic (exact) mass is 155 g/mol. The van der Waals surface area contributed by atoms with E-state index in [9.17, 15) is 4.57 Å². The fraction of sp³-hybridized carbons (Fsp3) is 1.00. The van der Waals surface area contributed by atoms with Gasteiger partial charge in [-0.05, 0) is 6.92 Å². The van der Waals surface area contributed by atoms with Gasteiger partial charge in [-0.2, -0.15) is 0 Å². The van der Waals surface area contributed by atoms with E-state index in [2.05, 4.69) is 0 Å². The lowest BCUT2D eigenvalue weighted by Crippen LogP contribution is -2.30. The molecule has 0 aliphatic rings. The summed E-state index contributed by atoms with van der Waals surface area (Å²) in [7, 11) is -4.38. The van der Waals surface area contributed by atoms with Gasteiger partial charge in [0.15, 0.2) is 5.85 Å². The van der Waals surface area contributed by atoms with E-state index in [0.29, 0.717) is 0 Å². The van der Waals surface area contributed by atoms with Crippen molar-refractivity contribution in [1.29, 1.82) is 0 Å². The average Bonchev–Trinajstić information content (AvgIpc) is 1.62. The zero-order chi connectivity index (χ0) is 7.65. The molecule has 0 saturated carbocycles. The molecule has 0 fully saturated rings. The van der Waals surface area contributed by atoms with Crippen LogP contribution in [0.15, 0.2) is 0 Å². The maximum Gasteiger partial charge on any atom is 0.355 e. The fourth-order valence-electron chi connectivity index (χ4n) is 0.306. The zero-order valence-electron chi connectivity index (χ0n) is 4.93. The van der Waals surface area contributed by atoms with E-state index in [1.807, 2.05) is 0 Å². The van der Waals surface area contributed by atoms with Gasteiger partial charge in [0.25, 0.3) is 0 Å². The second kappa shape index (κ2) is 2.77. The minimum absolute atomic E-state index is 0.897. The Hall–Kier alpha value is 0.0700. The molecule has 6 heteroatoms.